The zero-order chi connectivity index (χ0) is 27.0. The van der Waals surface area contributed by atoms with Gasteiger partial charge in [0.25, 0.3) is 0 Å². The Kier molecular flexibility index (Phi) is 4.46. The predicted molar refractivity (Wildman–Crippen MR) is 139 cm³/mol. The first-order valence-electron chi connectivity index (χ1n) is 11.4. The molecule has 3 N–H and O–H groups in total. The summed E-state index contributed by atoms with van der Waals surface area (Å²) in [6, 6.07) is 13.1. The summed E-state index contributed by atoms with van der Waals surface area (Å²) in [5.41, 5.74) is 4.08. The Morgan fingerprint density at radius 2 is 0.615 bits per heavy atom. The second kappa shape index (κ2) is 7.79. The molecule has 12 heteroatoms. The van der Waals surface area contributed by atoms with Gasteiger partial charge in [-0.3, -0.25) is 0 Å². The van der Waals surface area contributed by atoms with Gasteiger partial charge < -0.3 is 15.3 Å². The van der Waals surface area contributed by atoms with Gasteiger partial charge in [0.15, 0.2) is 0 Å². The van der Waals surface area contributed by atoms with Gasteiger partial charge in [-0.05, 0) is 54.6 Å². The molecule has 0 saturated heterocycles. The van der Waals surface area contributed by atoms with Crippen molar-refractivity contribution in [3.8, 4) is 0 Å². The van der Waals surface area contributed by atoms with Crippen LogP contribution in [0.25, 0.3) is 66.2 Å². The first-order valence-corrected chi connectivity index (χ1v) is 11.4. The lowest BCUT2D eigenvalue weighted by molar-refractivity contribution is 0.0686. The second-order valence-corrected chi connectivity index (χ2v) is 8.79. The maximum Gasteiger partial charge on any atom is 0.335 e. The van der Waals surface area contributed by atoms with Crippen molar-refractivity contribution in [1.29, 1.82) is 0 Å². The molecule has 12 nitrogen and oxygen atoms in total. The third-order valence-electron chi connectivity index (χ3n) is 6.41. The number of carbonyl (C=O) groups is 3. The Morgan fingerprint density at radius 3 is 0.846 bits per heavy atom. The van der Waals surface area contributed by atoms with Gasteiger partial charge in [0.2, 0.25) is 0 Å². The van der Waals surface area contributed by atoms with E-state index in [4.69, 9.17) is 24.9 Å². The minimum Gasteiger partial charge on any atom is -0.478 e. The van der Waals surface area contributed by atoms with Crippen LogP contribution >= 0.6 is 0 Å². The molecule has 0 aliphatic rings. The number of nitrogens with zero attached hydrogens (tertiary/aromatic N) is 6. The van der Waals surface area contributed by atoms with Gasteiger partial charge in [-0.1, -0.05) is 0 Å². The highest BCUT2D eigenvalue weighted by Crippen LogP contribution is 2.33. The van der Waals surface area contributed by atoms with Crippen molar-refractivity contribution >= 4 is 84.1 Å². The molecule has 0 aliphatic heterocycles. The standard InChI is InChI=1S/C27H12N6O6/c34-25(35)10-1-4-13-16(7-10)31-22-19(28-13)20-23(32-17-8-11(26(36)37)2-5-14(17)29-20)24-21(22)30-15-6-3-12(27(38)39)9-18(15)33-24/h1-9H,(H,34,35)(H,36,37)(H,38,39). The van der Waals surface area contributed by atoms with Crippen LogP contribution in [0.3, 0.4) is 0 Å². The van der Waals surface area contributed by atoms with Crippen molar-refractivity contribution in [2.45, 2.75) is 0 Å². The van der Waals surface area contributed by atoms with Crippen molar-refractivity contribution in [3.63, 3.8) is 0 Å². The number of carboxylic acids is 3. The van der Waals surface area contributed by atoms with Gasteiger partial charge >= 0.3 is 17.9 Å². The fourth-order valence-electron chi connectivity index (χ4n) is 4.55. The third kappa shape index (κ3) is 3.35. The zero-order valence-electron chi connectivity index (χ0n) is 19.4. The van der Waals surface area contributed by atoms with Gasteiger partial charge in [-0.25, -0.2) is 44.3 Å². The van der Waals surface area contributed by atoms with E-state index in [0.717, 1.165) is 0 Å². The molecular formula is C27H12N6O6. The van der Waals surface area contributed by atoms with E-state index in [1.165, 1.54) is 42.5 Å². The molecule has 0 spiro atoms. The van der Waals surface area contributed by atoms with Crippen LogP contribution in [0.4, 0.5) is 0 Å². The lowest BCUT2D eigenvalue weighted by Gasteiger charge is -2.11. The quantitative estimate of drug-likeness (QED) is 0.226. The maximum absolute atomic E-state index is 11.6. The minimum atomic E-state index is -1.12. The molecule has 0 radical (unpaired) electrons. The second-order valence-electron chi connectivity index (χ2n) is 8.79. The summed E-state index contributed by atoms with van der Waals surface area (Å²) < 4.78 is 0. The van der Waals surface area contributed by atoms with E-state index in [0.29, 0.717) is 55.2 Å². The summed E-state index contributed by atoms with van der Waals surface area (Å²) >= 11 is 0. The third-order valence-corrected chi connectivity index (χ3v) is 6.41. The Labute approximate surface area is 215 Å². The van der Waals surface area contributed by atoms with E-state index in [1.807, 2.05) is 0 Å². The first-order chi connectivity index (χ1) is 18.8. The summed E-state index contributed by atoms with van der Waals surface area (Å²) in [6.45, 7) is 0. The van der Waals surface area contributed by atoms with Crippen LogP contribution in [0, 0.1) is 0 Å². The Balaban J connectivity index is 1.69. The normalized spacial score (nSPS) is 11.7. The molecule has 3 heterocycles. The fraction of sp³-hybridized carbons (Fsp3) is 0. The molecule has 0 fully saturated rings. The Hall–Kier alpha value is -5.91. The highest BCUT2D eigenvalue weighted by molar-refractivity contribution is 6.21. The van der Waals surface area contributed by atoms with Crippen LogP contribution in [0.5, 0.6) is 0 Å². The zero-order valence-corrected chi connectivity index (χ0v) is 19.4. The molecule has 0 bridgehead atoms. The Bertz CT molecular complexity index is 2280. The van der Waals surface area contributed by atoms with E-state index >= 15 is 0 Å². The van der Waals surface area contributed by atoms with Gasteiger partial charge in [0, 0.05) is 0 Å². The largest absolute Gasteiger partial charge is 0.478 e. The molecule has 0 unspecified atom stereocenters. The lowest BCUT2D eigenvalue weighted by Crippen LogP contribution is -2.02. The minimum absolute atomic E-state index is 0.0239. The van der Waals surface area contributed by atoms with Crippen LogP contribution < -0.4 is 0 Å². The van der Waals surface area contributed by atoms with E-state index in [2.05, 4.69) is 4.98 Å². The van der Waals surface area contributed by atoms with Crippen LogP contribution in [-0.4, -0.2) is 63.1 Å². The fourth-order valence-corrected chi connectivity index (χ4v) is 4.55. The molecule has 3 aromatic heterocycles. The topological polar surface area (TPSA) is 189 Å². The van der Waals surface area contributed by atoms with Gasteiger partial charge in [-0.15, -0.1) is 0 Å². The summed E-state index contributed by atoms with van der Waals surface area (Å²) in [4.78, 5) is 62.9. The number of aromatic nitrogens is 6. The number of rotatable bonds is 3. The van der Waals surface area contributed by atoms with Crippen LogP contribution in [0.15, 0.2) is 54.6 Å². The van der Waals surface area contributed by atoms with Crippen LogP contribution in [0.1, 0.15) is 31.1 Å². The molecule has 7 rings (SSSR count). The first kappa shape index (κ1) is 22.3. The van der Waals surface area contributed by atoms with Gasteiger partial charge in [0.05, 0.1) is 49.8 Å². The lowest BCUT2D eigenvalue weighted by atomic mass is 10.1. The molecule has 0 aliphatic carbocycles. The molecule has 186 valence electrons. The van der Waals surface area contributed by atoms with Crippen LogP contribution in [-0.2, 0) is 0 Å². The number of benzene rings is 4. The molecular weight excluding hydrogens is 504 g/mol. The van der Waals surface area contributed by atoms with Gasteiger partial charge in [0.1, 0.15) is 33.1 Å². The monoisotopic (exact) mass is 516 g/mol. The summed E-state index contributed by atoms with van der Waals surface area (Å²) in [6.07, 6.45) is 0. The summed E-state index contributed by atoms with van der Waals surface area (Å²) in [7, 11) is 0. The summed E-state index contributed by atoms with van der Waals surface area (Å²) in [5, 5.41) is 28.3. The smallest absolute Gasteiger partial charge is 0.335 e. The molecule has 0 saturated carbocycles. The molecule has 4 aromatic carbocycles. The van der Waals surface area contributed by atoms with Gasteiger partial charge in [-0.2, -0.15) is 0 Å². The van der Waals surface area contributed by atoms with Crippen molar-refractivity contribution < 1.29 is 29.7 Å². The van der Waals surface area contributed by atoms with E-state index in [1.54, 1.807) is 12.1 Å². The average molecular weight is 516 g/mol. The van der Waals surface area contributed by atoms with Crippen molar-refractivity contribution in [2.75, 3.05) is 0 Å². The summed E-state index contributed by atoms with van der Waals surface area (Å²) in [5.74, 6) is -3.35. The number of hydrogen-bond acceptors (Lipinski definition) is 9. The van der Waals surface area contributed by atoms with Crippen LogP contribution in [0.2, 0.25) is 0 Å². The molecule has 0 amide bonds. The number of fused-ring (bicyclic) bond motifs is 9. The maximum atomic E-state index is 11.6. The molecule has 7 aromatic rings. The number of carboxylic acid groups (broad SMARTS) is 3. The van der Waals surface area contributed by atoms with Crippen molar-refractivity contribution in [2.24, 2.45) is 0 Å². The van der Waals surface area contributed by atoms with Crippen molar-refractivity contribution in [1.82, 2.24) is 29.9 Å². The highest BCUT2D eigenvalue weighted by atomic mass is 16.4. The van der Waals surface area contributed by atoms with E-state index in [-0.39, 0.29) is 27.7 Å². The van der Waals surface area contributed by atoms with E-state index < -0.39 is 17.9 Å². The molecule has 39 heavy (non-hydrogen) atoms. The highest BCUT2D eigenvalue weighted by Gasteiger charge is 2.20. The SMILES string of the molecule is O=C(O)c1ccc2nc3c4nc5ccc(C(=O)O)cc5nc4c4nc5cc(C(=O)O)ccc5nc4c3nc2c1. The Morgan fingerprint density at radius 1 is 0.385 bits per heavy atom. The average Bonchev–Trinajstić information content (AvgIpc) is 2.93. The number of hydrogen-bond donors (Lipinski definition) is 3. The van der Waals surface area contributed by atoms with Crippen molar-refractivity contribution in [3.05, 3.63) is 71.3 Å². The van der Waals surface area contributed by atoms with E-state index in [9.17, 15) is 29.7 Å². The number of aromatic carboxylic acids is 3. The molecule has 0 atom stereocenters. The predicted octanol–water partition coefficient (Wildman–Crippen LogP) is 4.07.